The summed E-state index contributed by atoms with van der Waals surface area (Å²) in [6.07, 6.45) is 6.11. The van der Waals surface area contributed by atoms with Gasteiger partial charge >= 0.3 is 0 Å². The van der Waals surface area contributed by atoms with Gasteiger partial charge in [-0.2, -0.15) is 0 Å². The fraction of sp³-hybridized carbons (Fsp3) is 0.833. The highest BCUT2D eigenvalue weighted by Crippen LogP contribution is 2.37. The third-order valence-corrected chi connectivity index (χ3v) is 3.26. The van der Waals surface area contributed by atoms with Crippen LogP contribution in [0.3, 0.4) is 0 Å². The van der Waals surface area contributed by atoms with Crippen LogP contribution < -0.4 is 5.73 Å². The molecule has 0 saturated carbocycles. The van der Waals surface area contributed by atoms with Gasteiger partial charge < -0.3 is 5.73 Å². The van der Waals surface area contributed by atoms with Gasteiger partial charge in [-0.3, -0.25) is 0 Å². The normalized spacial score (nSPS) is 26.8. The topological polar surface area (TPSA) is 26.0 Å². The van der Waals surface area contributed by atoms with E-state index >= 15 is 0 Å². The van der Waals surface area contributed by atoms with Crippen molar-refractivity contribution in [3.8, 4) is 0 Å². The average molecular weight is 181 g/mol. The minimum atomic E-state index is 0.265. The molecule has 0 aromatic rings. The highest BCUT2D eigenvalue weighted by molar-refractivity contribution is 5.12. The molecule has 0 heterocycles. The van der Waals surface area contributed by atoms with Crippen LogP contribution in [0.15, 0.2) is 11.6 Å². The Hall–Kier alpha value is -0.300. The third kappa shape index (κ3) is 2.84. The van der Waals surface area contributed by atoms with Crippen LogP contribution in [0.2, 0.25) is 0 Å². The zero-order valence-electron chi connectivity index (χ0n) is 9.43. The second-order valence-corrected chi connectivity index (χ2v) is 5.41. The van der Waals surface area contributed by atoms with Crippen molar-refractivity contribution in [3.05, 3.63) is 11.6 Å². The molecule has 2 unspecified atom stereocenters. The van der Waals surface area contributed by atoms with Crippen LogP contribution in [0.1, 0.15) is 47.0 Å². The Kier molecular flexibility index (Phi) is 3.18. The fourth-order valence-corrected chi connectivity index (χ4v) is 2.05. The van der Waals surface area contributed by atoms with Gasteiger partial charge in [0.2, 0.25) is 0 Å². The molecule has 0 amide bonds. The van der Waals surface area contributed by atoms with Crippen molar-refractivity contribution in [2.75, 3.05) is 0 Å². The van der Waals surface area contributed by atoms with Gasteiger partial charge in [0, 0.05) is 6.04 Å². The van der Waals surface area contributed by atoms with Crippen LogP contribution in [0.25, 0.3) is 0 Å². The Morgan fingerprint density at radius 3 is 2.38 bits per heavy atom. The summed E-state index contributed by atoms with van der Waals surface area (Å²) in [5.41, 5.74) is 7.77. The standard InChI is InChI=1S/C12H23N/c1-9(13)10-5-7-11(8-6-10)12(2,3)4/h5,9,11H,6-8,13H2,1-4H3. The van der Waals surface area contributed by atoms with Gasteiger partial charge in [-0.25, -0.2) is 0 Å². The molecule has 0 aromatic carbocycles. The molecule has 1 aliphatic carbocycles. The van der Waals surface area contributed by atoms with Gasteiger partial charge in [-0.1, -0.05) is 32.4 Å². The second-order valence-electron chi connectivity index (χ2n) is 5.41. The Morgan fingerprint density at radius 1 is 1.46 bits per heavy atom. The quantitative estimate of drug-likeness (QED) is 0.618. The van der Waals surface area contributed by atoms with Gasteiger partial charge in [-0.05, 0) is 37.5 Å². The van der Waals surface area contributed by atoms with Crippen molar-refractivity contribution in [1.29, 1.82) is 0 Å². The first-order valence-corrected chi connectivity index (χ1v) is 5.36. The van der Waals surface area contributed by atoms with Crippen LogP contribution in [0.4, 0.5) is 0 Å². The number of nitrogens with two attached hydrogens (primary N) is 1. The summed E-state index contributed by atoms with van der Waals surface area (Å²) < 4.78 is 0. The molecule has 0 aliphatic heterocycles. The van der Waals surface area contributed by atoms with Crippen molar-refractivity contribution < 1.29 is 0 Å². The first-order chi connectivity index (χ1) is 5.91. The zero-order valence-corrected chi connectivity index (χ0v) is 9.43. The molecule has 0 bridgehead atoms. The molecule has 0 spiro atoms. The van der Waals surface area contributed by atoms with Crippen molar-refractivity contribution >= 4 is 0 Å². The summed E-state index contributed by atoms with van der Waals surface area (Å²) in [4.78, 5) is 0. The predicted molar refractivity (Wildman–Crippen MR) is 58.5 cm³/mol. The smallest absolute Gasteiger partial charge is 0.0224 e. The van der Waals surface area contributed by atoms with E-state index in [1.54, 1.807) is 0 Å². The molecule has 13 heavy (non-hydrogen) atoms. The van der Waals surface area contributed by atoms with E-state index in [4.69, 9.17) is 5.73 Å². The lowest BCUT2D eigenvalue weighted by atomic mass is 9.72. The van der Waals surface area contributed by atoms with E-state index in [-0.39, 0.29) is 6.04 Å². The van der Waals surface area contributed by atoms with Gasteiger partial charge in [0.05, 0.1) is 0 Å². The van der Waals surface area contributed by atoms with Crippen LogP contribution in [0, 0.1) is 11.3 Å². The van der Waals surface area contributed by atoms with Gasteiger partial charge in [0.1, 0.15) is 0 Å². The maximum atomic E-state index is 5.85. The van der Waals surface area contributed by atoms with Crippen molar-refractivity contribution in [2.45, 2.75) is 53.0 Å². The Balaban J connectivity index is 2.56. The maximum absolute atomic E-state index is 5.85. The van der Waals surface area contributed by atoms with E-state index in [2.05, 4.69) is 33.8 Å². The highest BCUT2D eigenvalue weighted by atomic mass is 14.6. The largest absolute Gasteiger partial charge is 0.324 e. The lowest BCUT2D eigenvalue weighted by molar-refractivity contribution is 0.219. The van der Waals surface area contributed by atoms with E-state index in [0.717, 1.165) is 5.92 Å². The average Bonchev–Trinajstić information content (AvgIpc) is 2.03. The summed E-state index contributed by atoms with van der Waals surface area (Å²) in [5.74, 6) is 0.843. The van der Waals surface area contributed by atoms with Crippen molar-refractivity contribution in [3.63, 3.8) is 0 Å². The summed E-state index contributed by atoms with van der Waals surface area (Å²) in [7, 11) is 0. The van der Waals surface area contributed by atoms with Crippen molar-refractivity contribution in [2.24, 2.45) is 17.1 Å². The maximum Gasteiger partial charge on any atom is 0.0224 e. The van der Waals surface area contributed by atoms with E-state index in [1.165, 1.54) is 24.8 Å². The van der Waals surface area contributed by atoms with Crippen LogP contribution in [0.5, 0.6) is 0 Å². The third-order valence-electron chi connectivity index (χ3n) is 3.26. The number of allylic oxidation sites excluding steroid dienone is 1. The van der Waals surface area contributed by atoms with Gasteiger partial charge in [-0.15, -0.1) is 0 Å². The summed E-state index contributed by atoms with van der Waals surface area (Å²) in [5, 5.41) is 0. The van der Waals surface area contributed by atoms with Crippen LogP contribution in [-0.2, 0) is 0 Å². The summed E-state index contributed by atoms with van der Waals surface area (Å²) >= 11 is 0. The van der Waals surface area contributed by atoms with Crippen molar-refractivity contribution in [1.82, 2.24) is 0 Å². The number of rotatable bonds is 1. The minimum absolute atomic E-state index is 0.265. The zero-order chi connectivity index (χ0) is 10.1. The molecule has 1 aliphatic rings. The van der Waals surface area contributed by atoms with E-state index < -0.39 is 0 Å². The number of hydrogen-bond acceptors (Lipinski definition) is 1. The molecular formula is C12H23N. The lowest BCUT2D eigenvalue weighted by Crippen LogP contribution is -2.26. The van der Waals surface area contributed by atoms with E-state index in [1.807, 2.05) is 0 Å². The molecule has 0 saturated heterocycles. The molecule has 2 atom stereocenters. The van der Waals surface area contributed by atoms with Crippen LogP contribution in [-0.4, -0.2) is 6.04 Å². The van der Waals surface area contributed by atoms with Gasteiger partial charge in [0.15, 0.2) is 0 Å². The first-order valence-electron chi connectivity index (χ1n) is 5.36. The Labute approximate surface area is 82.4 Å². The number of hydrogen-bond donors (Lipinski definition) is 1. The molecule has 0 fully saturated rings. The molecular weight excluding hydrogens is 158 g/mol. The molecule has 2 N–H and O–H groups in total. The molecule has 1 rings (SSSR count). The van der Waals surface area contributed by atoms with E-state index in [9.17, 15) is 0 Å². The Bertz CT molecular complexity index is 196. The SMILES string of the molecule is CC(N)C1=CCC(C(C)(C)C)CC1. The first kappa shape index (κ1) is 10.8. The lowest BCUT2D eigenvalue weighted by Gasteiger charge is -2.33. The summed E-state index contributed by atoms with van der Waals surface area (Å²) in [6.45, 7) is 9.09. The molecule has 76 valence electrons. The summed E-state index contributed by atoms with van der Waals surface area (Å²) in [6, 6.07) is 0.265. The fourth-order valence-electron chi connectivity index (χ4n) is 2.05. The second kappa shape index (κ2) is 3.83. The Morgan fingerprint density at radius 2 is 2.08 bits per heavy atom. The van der Waals surface area contributed by atoms with Crippen LogP contribution >= 0.6 is 0 Å². The highest BCUT2D eigenvalue weighted by Gasteiger charge is 2.26. The van der Waals surface area contributed by atoms with Gasteiger partial charge in [0.25, 0.3) is 0 Å². The molecule has 0 aromatic heterocycles. The predicted octanol–water partition coefficient (Wildman–Crippen LogP) is 3.11. The molecule has 1 heteroatoms. The minimum Gasteiger partial charge on any atom is -0.324 e. The monoisotopic (exact) mass is 181 g/mol. The van der Waals surface area contributed by atoms with E-state index in [0.29, 0.717) is 5.41 Å². The molecule has 0 radical (unpaired) electrons. The molecule has 1 nitrogen and oxygen atoms in total.